The summed E-state index contributed by atoms with van der Waals surface area (Å²) < 4.78 is 22.3. The molecule has 0 bridgehead atoms. The van der Waals surface area contributed by atoms with Crippen LogP contribution in [0.5, 0.6) is 17.2 Å². The fraction of sp³-hybridized carbons (Fsp3) is 0.158. The van der Waals surface area contributed by atoms with Crippen molar-refractivity contribution < 1.29 is 23.4 Å². The molecule has 0 aliphatic heterocycles. The summed E-state index contributed by atoms with van der Waals surface area (Å²) >= 11 is 3.39. The third-order valence-corrected chi connectivity index (χ3v) is 4.30. The lowest BCUT2D eigenvalue weighted by Gasteiger charge is -2.11. The summed E-state index contributed by atoms with van der Waals surface area (Å²) in [6, 6.07) is 10.5. The van der Waals surface area contributed by atoms with E-state index in [4.69, 9.17) is 18.6 Å². The summed E-state index contributed by atoms with van der Waals surface area (Å²) in [5.74, 6) is 1.29. The molecule has 3 rings (SSSR count). The molecule has 1 N–H and O–H groups in total. The second-order valence-corrected chi connectivity index (χ2v) is 6.36. The van der Waals surface area contributed by atoms with E-state index >= 15 is 0 Å². The molecule has 0 atom stereocenters. The van der Waals surface area contributed by atoms with Crippen molar-refractivity contribution in [2.75, 3.05) is 21.3 Å². The summed E-state index contributed by atoms with van der Waals surface area (Å²) in [6.45, 7) is 0. The van der Waals surface area contributed by atoms with Crippen LogP contribution in [0.3, 0.4) is 0 Å². The van der Waals surface area contributed by atoms with Gasteiger partial charge in [-0.2, -0.15) is 5.10 Å². The zero-order valence-electron chi connectivity index (χ0n) is 14.9. The van der Waals surface area contributed by atoms with Gasteiger partial charge < -0.3 is 18.6 Å². The largest absolute Gasteiger partial charge is 0.496 e. The van der Waals surface area contributed by atoms with Crippen LogP contribution in [-0.4, -0.2) is 33.5 Å². The zero-order chi connectivity index (χ0) is 19.4. The average Bonchev–Trinajstić information content (AvgIpc) is 3.10. The van der Waals surface area contributed by atoms with Crippen LogP contribution < -0.4 is 19.6 Å². The number of nitrogens with zero attached hydrogens (tertiary/aromatic N) is 1. The summed E-state index contributed by atoms with van der Waals surface area (Å²) in [6.07, 6.45) is 1.46. The first-order valence-corrected chi connectivity index (χ1v) is 8.67. The van der Waals surface area contributed by atoms with Gasteiger partial charge in [-0.3, -0.25) is 4.79 Å². The molecule has 2 aromatic carbocycles. The number of benzene rings is 2. The highest BCUT2D eigenvalue weighted by Gasteiger charge is 2.13. The fourth-order valence-corrected chi connectivity index (χ4v) is 2.87. The normalized spacial score (nSPS) is 11.0. The topological polar surface area (TPSA) is 82.3 Å². The number of methoxy groups -OCH3 is 3. The van der Waals surface area contributed by atoms with E-state index in [9.17, 15) is 4.79 Å². The molecule has 0 radical (unpaired) electrons. The molecule has 3 aromatic rings. The maximum Gasteiger partial charge on any atom is 0.307 e. The molecule has 0 spiro atoms. The van der Waals surface area contributed by atoms with Crippen LogP contribution in [-0.2, 0) is 0 Å². The molecule has 8 heteroatoms. The first-order valence-electron chi connectivity index (χ1n) is 7.88. The number of nitrogens with one attached hydrogen (secondary N) is 1. The Labute approximate surface area is 164 Å². The van der Waals surface area contributed by atoms with E-state index in [0.29, 0.717) is 28.4 Å². The fourth-order valence-electron chi connectivity index (χ4n) is 2.50. The van der Waals surface area contributed by atoms with E-state index in [1.54, 1.807) is 24.3 Å². The first kappa shape index (κ1) is 18.8. The van der Waals surface area contributed by atoms with Crippen molar-refractivity contribution in [2.45, 2.75) is 0 Å². The molecule has 0 aliphatic rings. The molecule has 27 heavy (non-hydrogen) atoms. The van der Waals surface area contributed by atoms with Gasteiger partial charge in [-0.15, -0.1) is 0 Å². The van der Waals surface area contributed by atoms with Gasteiger partial charge in [0, 0.05) is 21.5 Å². The van der Waals surface area contributed by atoms with Crippen molar-refractivity contribution in [3.63, 3.8) is 0 Å². The predicted molar refractivity (Wildman–Crippen MR) is 105 cm³/mol. The summed E-state index contributed by atoms with van der Waals surface area (Å²) in [5.41, 5.74) is 3.67. The number of fused-ring (bicyclic) bond motifs is 1. The highest BCUT2D eigenvalue weighted by Crippen LogP contribution is 2.33. The number of carbonyl (C=O) groups is 1. The lowest BCUT2D eigenvalue weighted by Crippen LogP contribution is -2.16. The maximum absolute atomic E-state index is 12.3. The maximum atomic E-state index is 12.3. The average molecular weight is 433 g/mol. The van der Waals surface area contributed by atoms with Gasteiger partial charge in [-0.25, -0.2) is 5.43 Å². The van der Waals surface area contributed by atoms with Crippen molar-refractivity contribution >= 4 is 39.0 Å². The molecule has 0 unspecified atom stereocenters. The Balaban J connectivity index is 1.78. The lowest BCUT2D eigenvalue weighted by molar-refractivity contribution is 0.0929. The first-order chi connectivity index (χ1) is 13.0. The molecule has 7 nitrogen and oxygen atoms in total. The smallest absolute Gasteiger partial charge is 0.307 e. The van der Waals surface area contributed by atoms with Crippen LogP contribution in [0.15, 0.2) is 50.4 Å². The molecule has 0 saturated carbocycles. The molecular weight excluding hydrogens is 416 g/mol. The van der Waals surface area contributed by atoms with Crippen LogP contribution in [0, 0.1) is 0 Å². The Morgan fingerprint density at radius 3 is 2.44 bits per heavy atom. The van der Waals surface area contributed by atoms with Crippen LogP contribution in [0.1, 0.15) is 16.1 Å². The molecule has 140 valence electrons. The number of hydrogen-bond donors (Lipinski definition) is 1. The minimum Gasteiger partial charge on any atom is -0.496 e. The monoisotopic (exact) mass is 432 g/mol. The number of rotatable bonds is 6. The van der Waals surface area contributed by atoms with E-state index in [1.807, 2.05) is 12.1 Å². The Hall–Kier alpha value is -3.00. The van der Waals surface area contributed by atoms with Crippen LogP contribution >= 0.6 is 15.9 Å². The quantitative estimate of drug-likeness (QED) is 0.470. The molecule has 0 aliphatic carbocycles. The minimum atomic E-state index is -0.460. The molecule has 1 amide bonds. The van der Waals surface area contributed by atoms with E-state index in [2.05, 4.69) is 26.5 Å². The highest BCUT2D eigenvalue weighted by atomic mass is 79.9. The SMILES string of the molecule is COc1cc(OC)c(OC)cc1/C=N/NC(=O)c1cc2cc(Br)ccc2o1. The summed E-state index contributed by atoms with van der Waals surface area (Å²) in [5, 5.41) is 4.79. The predicted octanol–water partition coefficient (Wildman–Crippen LogP) is 3.99. The Kier molecular flexibility index (Phi) is 5.66. The van der Waals surface area contributed by atoms with Gasteiger partial charge in [-0.05, 0) is 30.3 Å². The lowest BCUT2D eigenvalue weighted by atomic mass is 10.2. The second kappa shape index (κ2) is 8.13. The van der Waals surface area contributed by atoms with Gasteiger partial charge in [0.2, 0.25) is 0 Å². The third kappa shape index (κ3) is 4.06. The van der Waals surface area contributed by atoms with Gasteiger partial charge in [-0.1, -0.05) is 15.9 Å². The van der Waals surface area contributed by atoms with Crippen molar-refractivity contribution in [2.24, 2.45) is 5.10 Å². The third-order valence-electron chi connectivity index (χ3n) is 3.81. The van der Waals surface area contributed by atoms with Crippen molar-refractivity contribution in [1.29, 1.82) is 0 Å². The van der Waals surface area contributed by atoms with Gasteiger partial charge in [0.05, 0.1) is 27.5 Å². The number of hydrazone groups is 1. The van der Waals surface area contributed by atoms with Crippen LogP contribution in [0.4, 0.5) is 0 Å². The van der Waals surface area contributed by atoms with Gasteiger partial charge >= 0.3 is 5.91 Å². The van der Waals surface area contributed by atoms with E-state index in [-0.39, 0.29) is 5.76 Å². The minimum absolute atomic E-state index is 0.166. The number of ether oxygens (including phenoxy) is 3. The van der Waals surface area contributed by atoms with E-state index in [1.165, 1.54) is 27.5 Å². The van der Waals surface area contributed by atoms with Gasteiger partial charge in [0.25, 0.3) is 0 Å². The van der Waals surface area contributed by atoms with Crippen LogP contribution in [0.25, 0.3) is 11.0 Å². The molecular formula is C19H17BrN2O5. The Bertz CT molecular complexity index is 1010. The molecule has 0 saturated heterocycles. The molecule has 0 fully saturated rings. The second-order valence-electron chi connectivity index (χ2n) is 5.44. The van der Waals surface area contributed by atoms with Crippen LogP contribution in [0.2, 0.25) is 0 Å². The van der Waals surface area contributed by atoms with Crippen molar-refractivity contribution in [1.82, 2.24) is 5.43 Å². The standard InChI is InChI=1S/C19H17BrN2O5/c1-24-15-9-17(26-3)16(25-2)8-12(15)10-21-22-19(23)18-7-11-6-13(20)4-5-14(11)27-18/h4-10H,1-3H3,(H,22,23)/b21-10+. The highest BCUT2D eigenvalue weighted by molar-refractivity contribution is 9.10. The number of carbonyl (C=O) groups excluding carboxylic acids is 1. The van der Waals surface area contributed by atoms with Crippen molar-refractivity contribution in [3.05, 3.63) is 52.2 Å². The Morgan fingerprint density at radius 1 is 1.04 bits per heavy atom. The van der Waals surface area contributed by atoms with E-state index in [0.717, 1.165) is 9.86 Å². The number of hydrogen-bond acceptors (Lipinski definition) is 6. The van der Waals surface area contributed by atoms with Crippen molar-refractivity contribution in [3.8, 4) is 17.2 Å². The number of furan rings is 1. The zero-order valence-corrected chi connectivity index (χ0v) is 16.5. The molecule has 1 aromatic heterocycles. The summed E-state index contributed by atoms with van der Waals surface area (Å²) in [7, 11) is 4.60. The van der Waals surface area contributed by atoms with Gasteiger partial charge in [0.15, 0.2) is 17.3 Å². The Morgan fingerprint density at radius 2 is 1.74 bits per heavy atom. The number of amides is 1. The van der Waals surface area contributed by atoms with Gasteiger partial charge in [0.1, 0.15) is 11.3 Å². The summed E-state index contributed by atoms with van der Waals surface area (Å²) in [4.78, 5) is 12.3. The molecule has 1 heterocycles. The van der Waals surface area contributed by atoms with E-state index < -0.39 is 5.91 Å². The number of halogens is 1.